The largest absolute Gasteiger partial charge is 0.393 e. The molecular formula is C19H28O3. The molecule has 122 valence electrons. The Morgan fingerprint density at radius 2 is 1.86 bits per heavy atom. The number of hydrogen-bond donors (Lipinski definition) is 1. The summed E-state index contributed by atoms with van der Waals surface area (Å²) in [6.07, 6.45) is 6.86. The minimum absolute atomic E-state index is 0.0617. The van der Waals surface area contributed by atoms with Crippen molar-refractivity contribution in [2.24, 2.45) is 34.5 Å². The van der Waals surface area contributed by atoms with Crippen molar-refractivity contribution < 1.29 is 14.7 Å². The van der Waals surface area contributed by atoms with Crippen LogP contribution >= 0.6 is 0 Å². The maximum absolute atomic E-state index is 13.0. The molecule has 0 aliphatic heterocycles. The number of aliphatic hydroxyl groups excluding tert-OH is 1. The lowest BCUT2D eigenvalue weighted by Crippen LogP contribution is -2.57. The number of rotatable bonds is 0. The van der Waals surface area contributed by atoms with E-state index in [-0.39, 0.29) is 22.9 Å². The molecule has 7 atom stereocenters. The molecule has 0 amide bonds. The Kier molecular flexibility index (Phi) is 3.15. The van der Waals surface area contributed by atoms with E-state index in [1.165, 1.54) is 0 Å². The first-order chi connectivity index (χ1) is 10.4. The minimum atomic E-state index is -0.365. The normalized spacial score (nSPS) is 54.6. The molecule has 0 spiro atoms. The van der Waals surface area contributed by atoms with Gasteiger partial charge >= 0.3 is 0 Å². The molecule has 0 bridgehead atoms. The zero-order chi connectivity index (χ0) is 15.7. The average Bonchev–Trinajstić information content (AvgIpc) is 2.75. The van der Waals surface area contributed by atoms with Crippen LogP contribution in [0.15, 0.2) is 0 Å². The molecule has 0 saturated heterocycles. The van der Waals surface area contributed by atoms with E-state index in [2.05, 4.69) is 13.8 Å². The van der Waals surface area contributed by atoms with E-state index >= 15 is 0 Å². The van der Waals surface area contributed by atoms with Crippen LogP contribution in [-0.2, 0) is 9.59 Å². The van der Waals surface area contributed by atoms with Crippen molar-refractivity contribution in [1.29, 1.82) is 0 Å². The van der Waals surface area contributed by atoms with Gasteiger partial charge in [0.1, 0.15) is 11.6 Å². The first kappa shape index (κ1) is 14.9. The maximum atomic E-state index is 13.0. The third-order valence-corrected chi connectivity index (χ3v) is 8.04. The van der Waals surface area contributed by atoms with Crippen molar-refractivity contribution in [1.82, 2.24) is 0 Å². The summed E-state index contributed by atoms with van der Waals surface area (Å²) in [6.45, 7) is 4.36. The molecule has 5 unspecified atom stereocenters. The topological polar surface area (TPSA) is 54.4 Å². The third-order valence-electron chi connectivity index (χ3n) is 8.04. The molecule has 4 rings (SSSR count). The molecule has 0 radical (unpaired) electrons. The summed E-state index contributed by atoms with van der Waals surface area (Å²) in [4.78, 5) is 25.4. The minimum Gasteiger partial charge on any atom is -0.393 e. The van der Waals surface area contributed by atoms with Crippen LogP contribution in [0, 0.1) is 34.5 Å². The lowest BCUT2D eigenvalue weighted by molar-refractivity contribution is -0.162. The summed E-state index contributed by atoms with van der Waals surface area (Å²) in [6, 6.07) is 0. The van der Waals surface area contributed by atoms with Crippen LogP contribution in [0.3, 0.4) is 0 Å². The van der Waals surface area contributed by atoms with Gasteiger partial charge in [-0.1, -0.05) is 13.8 Å². The fourth-order valence-electron chi connectivity index (χ4n) is 6.83. The van der Waals surface area contributed by atoms with Crippen LogP contribution in [-0.4, -0.2) is 22.8 Å². The standard InChI is InChI=1S/C19H28O3/c1-18-8-7-12(20)9-11(18)3-4-13-14-5-6-16(22)19(14,2)10-15(21)17(13)18/h11-14,17,20H,3-10H2,1-2H3/t11?,12?,13?,14?,17?,18-,19-/m0/s1. The highest BCUT2D eigenvalue weighted by atomic mass is 16.3. The predicted octanol–water partition coefficient (Wildman–Crippen LogP) is 3.14. The van der Waals surface area contributed by atoms with E-state index in [0.29, 0.717) is 42.2 Å². The zero-order valence-corrected chi connectivity index (χ0v) is 13.8. The van der Waals surface area contributed by atoms with E-state index in [1.54, 1.807) is 0 Å². The first-order valence-corrected chi connectivity index (χ1v) is 9.10. The molecule has 0 aromatic heterocycles. The second kappa shape index (κ2) is 4.66. The van der Waals surface area contributed by atoms with Gasteiger partial charge in [-0.3, -0.25) is 9.59 Å². The Morgan fingerprint density at radius 1 is 1.09 bits per heavy atom. The molecule has 22 heavy (non-hydrogen) atoms. The van der Waals surface area contributed by atoms with Crippen molar-refractivity contribution in [3.8, 4) is 0 Å². The van der Waals surface area contributed by atoms with Gasteiger partial charge in [-0.05, 0) is 61.7 Å². The number of carbonyl (C=O) groups is 2. The van der Waals surface area contributed by atoms with Gasteiger partial charge in [-0.15, -0.1) is 0 Å². The van der Waals surface area contributed by atoms with Crippen molar-refractivity contribution >= 4 is 11.6 Å². The molecule has 4 saturated carbocycles. The smallest absolute Gasteiger partial charge is 0.139 e. The van der Waals surface area contributed by atoms with Gasteiger partial charge in [-0.25, -0.2) is 0 Å². The molecule has 1 N–H and O–H groups in total. The van der Waals surface area contributed by atoms with Gasteiger partial charge in [0.15, 0.2) is 0 Å². The van der Waals surface area contributed by atoms with Crippen LogP contribution in [0.25, 0.3) is 0 Å². The van der Waals surface area contributed by atoms with Gasteiger partial charge in [0.05, 0.1) is 6.10 Å². The summed E-state index contributed by atoms with van der Waals surface area (Å²) < 4.78 is 0. The molecule has 3 heteroatoms. The second-order valence-electron chi connectivity index (χ2n) is 8.98. The SMILES string of the molecule is C[C@]12CCC(O)CC1CCC1C2C(=O)C[C@]2(C)C(=O)CCC12. The van der Waals surface area contributed by atoms with Crippen molar-refractivity contribution in [2.45, 2.75) is 71.3 Å². The lowest BCUT2D eigenvalue weighted by atomic mass is 9.45. The number of fused-ring (bicyclic) bond motifs is 5. The van der Waals surface area contributed by atoms with Gasteiger partial charge < -0.3 is 5.11 Å². The van der Waals surface area contributed by atoms with Gasteiger partial charge in [0, 0.05) is 24.2 Å². The fourth-order valence-corrected chi connectivity index (χ4v) is 6.83. The van der Waals surface area contributed by atoms with Gasteiger partial charge in [0.25, 0.3) is 0 Å². The highest BCUT2D eigenvalue weighted by molar-refractivity contribution is 5.95. The van der Waals surface area contributed by atoms with Crippen molar-refractivity contribution in [3.63, 3.8) is 0 Å². The summed E-state index contributed by atoms with van der Waals surface area (Å²) in [5.74, 6) is 2.14. The van der Waals surface area contributed by atoms with Crippen LogP contribution in [0.5, 0.6) is 0 Å². The Bertz CT molecular complexity index is 527. The molecule has 0 aromatic rings. The van der Waals surface area contributed by atoms with Crippen LogP contribution in [0.2, 0.25) is 0 Å². The molecule has 4 aliphatic carbocycles. The molecule has 3 nitrogen and oxygen atoms in total. The lowest BCUT2D eigenvalue weighted by Gasteiger charge is -2.58. The Hall–Kier alpha value is -0.700. The highest BCUT2D eigenvalue weighted by Crippen LogP contribution is 2.64. The molecule has 0 heterocycles. The number of ketones is 2. The van der Waals surface area contributed by atoms with E-state index < -0.39 is 0 Å². The first-order valence-electron chi connectivity index (χ1n) is 9.10. The Labute approximate surface area is 132 Å². The quantitative estimate of drug-likeness (QED) is 0.748. The van der Waals surface area contributed by atoms with Crippen molar-refractivity contribution in [3.05, 3.63) is 0 Å². The van der Waals surface area contributed by atoms with Crippen LogP contribution in [0.1, 0.15) is 65.2 Å². The summed E-state index contributed by atoms with van der Waals surface area (Å²) in [5.41, 5.74) is -0.304. The van der Waals surface area contributed by atoms with Gasteiger partial charge in [-0.2, -0.15) is 0 Å². The molecule has 4 fully saturated rings. The van der Waals surface area contributed by atoms with Gasteiger partial charge in [0.2, 0.25) is 0 Å². The van der Waals surface area contributed by atoms with Crippen LogP contribution in [0.4, 0.5) is 0 Å². The van der Waals surface area contributed by atoms with Crippen LogP contribution < -0.4 is 0 Å². The monoisotopic (exact) mass is 304 g/mol. The highest BCUT2D eigenvalue weighted by Gasteiger charge is 2.63. The van der Waals surface area contributed by atoms with E-state index in [1.807, 2.05) is 0 Å². The second-order valence-corrected chi connectivity index (χ2v) is 8.98. The third kappa shape index (κ3) is 1.78. The molecular weight excluding hydrogens is 276 g/mol. The Morgan fingerprint density at radius 3 is 2.64 bits per heavy atom. The fraction of sp³-hybridized carbons (Fsp3) is 0.895. The average molecular weight is 304 g/mol. The van der Waals surface area contributed by atoms with E-state index in [4.69, 9.17) is 0 Å². The maximum Gasteiger partial charge on any atom is 0.139 e. The number of hydrogen-bond acceptors (Lipinski definition) is 3. The summed E-state index contributed by atoms with van der Waals surface area (Å²) >= 11 is 0. The van der Waals surface area contributed by atoms with Crippen molar-refractivity contribution in [2.75, 3.05) is 0 Å². The molecule has 0 aromatic carbocycles. The number of Topliss-reactive ketones (excluding diaryl/α,β-unsaturated/α-hetero) is 2. The van der Waals surface area contributed by atoms with E-state index in [9.17, 15) is 14.7 Å². The number of aliphatic hydroxyl groups is 1. The summed E-state index contributed by atoms with van der Waals surface area (Å²) in [7, 11) is 0. The number of carbonyl (C=O) groups excluding carboxylic acids is 2. The Balaban J connectivity index is 1.71. The zero-order valence-electron chi connectivity index (χ0n) is 13.8. The summed E-state index contributed by atoms with van der Waals surface area (Å²) in [5, 5.41) is 10.0. The predicted molar refractivity (Wildman–Crippen MR) is 83.1 cm³/mol. The van der Waals surface area contributed by atoms with E-state index in [0.717, 1.165) is 38.5 Å². The molecule has 4 aliphatic rings.